The van der Waals surface area contributed by atoms with E-state index in [0.717, 1.165) is 0 Å². The smallest absolute Gasteiger partial charge is 0.322 e. The molecular formula is C11H15N3O6. The molecule has 0 aromatic carbocycles. The fourth-order valence-corrected chi connectivity index (χ4v) is 1.43. The van der Waals surface area contributed by atoms with Gasteiger partial charge in [0, 0.05) is 13.2 Å². The molecule has 0 saturated carbocycles. The molecule has 9 heteroatoms. The normalized spacial score (nSPS) is 13.3. The number of aliphatic carboxylic acids is 1. The topological polar surface area (TPSA) is 131 Å². The number of ether oxygens (including phenoxy) is 1. The third-order valence-electron chi connectivity index (χ3n) is 2.36. The van der Waals surface area contributed by atoms with Crippen LogP contribution in [0.5, 0.6) is 0 Å². The van der Waals surface area contributed by atoms with E-state index in [-0.39, 0.29) is 5.82 Å². The van der Waals surface area contributed by atoms with Crippen molar-refractivity contribution >= 4 is 24.0 Å². The highest BCUT2D eigenvalue weighted by atomic mass is 16.5. The van der Waals surface area contributed by atoms with Crippen LogP contribution in [0.4, 0.5) is 5.82 Å². The van der Waals surface area contributed by atoms with E-state index in [1.54, 1.807) is 6.92 Å². The number of aromatic nitrogens is 1. The Balaban J connectivity index is 2.81. The lowest BCUT2D eigenvalue weighted by Crippen LogP contribution is -2.49. The quantitative estimate of drug-likeness (QED) is 0.528. The van der Waals surface area contributed by atoms with Gasteiger partial charge in [0.05, 0.1) is 0 Å². The molecule has 3 N–H and O–H groups in total. The number of methoxy groups -OCH3 is 1. The number of aryl methyl sites for hydroxylation is 1. The zero-order valence-electron chi connectivity index (χ0n) is 11.0. The first-order chi connectivity index (χ1) is 9.47. The summed E-state index contributed by atoms with van der Waals surface area (Å²) < 4.78 is 9.69. The van der Waals surface area contributed by atoms with Crippen LogP contribution in [0.15, 0.2) is 10.6 Å². The molecule has 1 aromatic heterocycles. The van der Waals surface area contributed by atoms with E-state index < -0.39 is 30.6 Å². The minimum Gasteiger partial charge on any atom is -0.480 e. The number of anilines is 1. The van der Waals surface area contributed by atoms with E-state index in [4.69, 9.17) is 14.4 Å². The highest BCUT2D eigenvalue weighted by molar-refractivity contribution is 5.90. The second-order valence-electron chi connectivity index (χ2n) is 3.89. The van der Waals surface area contributed by atoms with Gasteiger partial charge >= 0.3 is 5.97 Å². The second-order valence-corrected chi connectivity index (χ2v) is 3.89. The standard InChI is InChI=1S/C11H15N3O6/c1-6-3-8(14-20-6)13-10(7(5-15)19-2)11(18)12-4-9(16)17/h3,5,7,10H,4H2,1-2H3,(H,12,18)(H,13,14)(H,16,17). The summed E-state index contributed by atoms with van der Waals surface area (Å²) in [5.74, 6) is -1.15. The van der Waals surface area contributed by atoms with Crippen LogP contribution < -0.4 is 10.6 Å². The van der Waals surface area contributed by atoms with E-state index >= 15 is 0 Å². The molecule has 0 saturated heterocycles. The average molecular weight is 285 g/mol. The van der Waals surface area contributed by atoms with Crippen molar-refractivity contribution < 1.29 is 28.8 Å². The van der Waals surface area contributed by atoms with Gasteiger partial charge in [-0.15, -0.1) is 0 Å². The highest BCUT2D eigenvalue weighted by Gasteiger charge is 2.29. The van der Waals surface area contributed by atoms with Gasteiger partial charge in [-0.05, 0) is 6.92 Å². The Kier molecular flexibility index (Phi) is 5.66. The fraction of sp³-hybridized carbons (Fsp3) is 0.455. The van der Waals surface area contributed by atoms with Gasteiger partial charge in [-0.1, -0.05) is 5.16 Å². The molecule has 110 valence electrons. The van der Waals surface area contributed by atoms with Gasteiger partial charge in [0.1, 0.15) is 24.5 Å². The van der Waals surface area contributed by atoms with Gasteiger partial charge in [-0.3, -0.25) is 9.59 Å². The van der Waals surface area contributed by atoms with E-state index in [9.17, 15) is 14.4 Å². The predicted octanol–water partition coefficient (Wildman–Crippen LogP) is -0.822. The van der Waals surface area contributed by atoms with E-state index in [0.29, 0.717) is 12.0 Å². The van der Waals surface area contributed by atoms with Crippen LogP contribution in [-0.4, -0.2) is 54.2 Å². The molecule has 1 amide bonds. The summed E-state index contributed by atoms with van der Waals surface area (Å²) in [6.45, 7) is 1.09. The lowest BCUT2D eigenvalue weighted by atomic mass is 10.1. The largest absolute Gasteiger partial charge is 0.480 e. The van der Waals surface area contributed by atoms with Crippen molar-refractivity contribution in [2.75, 3.05) is 19.0 Å². The molecular weight excluding hydrogens is 270 g/mol. The second kappa shape index (κ2) is 7.24. The fourth-order valence-electron chi connectivity index (χ4n) is 1.43. The van der Waals surface area contributed by atoms with Crippen LogP contribution in [0, 0.1) is 6.92 Å². The number of carboxylic acids is 1. The Hall–Kier alpha value is -2.42. The maximum absolute atomic E-state index is 11.9. The molecule has 1 aromatic rings. The average Bonchev–Trinajstić information content (AvgIpc) is 2.81. The Morgan fingerprint density at radius 1 is 1.60 bits per heavy atom. The first-order valence-electron chi connectivity index (χ1n) is 5.65. The van der Waals surface area contributed by atoms with Gasteiger partial charge < -0.3 is 29.8 Å². The van der Waals surface area contributed by atoms with Crippen LogP contribution in [0.1, 0.15) is 5.76 Å². The van der Waals surface area contributed by atoms with Gasteiger partial charge in [0.2, 0.25) is 5.91 Å². The summed E-state index contributed by atoms with van der Waals surface area (Å²) in [7, 11) is 1.26. The summed E-state index contributed by atoms with van der Waals surface area (Å²) in [5, 5.41) is 17.0. The zero-order valence-corrected chi connectivity index (χ0v) is 11.0. The van der Waals surface area contributed by atoms with Crippen molar-refractivity contribution in [3.05, 3.63) is 11.8 Å². The van der Waals surface area contributed by atoms with E-state index in [1.807, 2.05) is 0 Å². The number of carboxylic acid groups (broad SMARTS) is 1. The Labute approximate surface area is 114 Å². The van der Waals surface area contributed by atoms with Gasteiger partial charge in [0.15, 0.2) is 12.1 Å². The van der Waals surface area contributed by atoms with Gasteiger partial charge in [-0.2, -0.15) is 0 Å². The van der Waals surface area contributed by atoms with Gasteiger partial charge in [0.25, 0.3) is 0 Å². The molecule has 9 nitrogen and oxygen atoms in total. The number of carbonyl (C=O) groups excluding carboxylic acids is 2. The lowest BCUT2D eigenvalue weighted by Gasteiger charge is -2.21. The van der Waals surface area contributed by atoms with Crippen LogP contribution in [-0.2, 0) is 19.1 Å². The Morgan fingerprint density at radius 2 is 2.30 bits per heavy atom. The summed E-state index contributed by atoms with van der Waals surface area (Å²) in [6, 6.07) is 0.399. The number of hydrogen-bond acceptors (Lipinski definition) is 7. The molecule has 1 rings (SSSR count). The highest BCUT2D eigenvalue weighted by Crippen LogP contribution is 2.11. The first kappa shape index (κ1) is 15.6. The van der Waals surface area contributed by atoms with Crippen molar-refractivity contribution in [1.82, 2.24) is 10.5 Å². The number of nitrogens with zero attached hydrogens (tertiary/aromatic N) is 1. The molecule has 0 aliphatic carbocycles. The minimum absolute atomic E-state index is 0.238. The first-order valence-corrected chi connectivity index (χ1v) is 5.65. The molecule has 0 fully saturated rings. The molecule has 1 heterocycles. The molecule has 2 atom stereocenters. The maximum Gasteiger partial charge on any atom is 0.322 e. The zero-order chi connectivity index (χ0) is 15.1. The predicted molar refractivity (Wildman–Crippen MR) is 66.2 cm³/mol. The molecule has 0 aliphatic heterocycles. The van der Waals surface area contributed by atoms with E-state index in [2.05, 4.69) is 15.8 Å². The number of hydrogen-bond donors (Lipinski definition) is 3. The molecule has 0 spiro atoms. The Morgan fingerprint density at radius 3 is 2.75 bits per heavy atom. The molecule has 20 heavy (non-hydrogen) atoms. The monoisotopic (exact) mass is 285 g/mol. The summed E-state index contributed by atoms with van der Waals surface area (Å²) in [4.78, 5) is 33.2. The van der Waals surface area contributed by atoms with Crippen LogP contribution >= 0.6 is 0 Å². The lowest BCUT2D eigenvalue weighted by molar-refractivity contribution is -0.138. The van der Waals surface area contributed by atoms with E-state index in [1.165, 1.54) is 13.2 Å². The number of carbonyl (C=O) groups is 3. The number of rotatable bonds is 8. The number of aldehydes is 1. The summed E-state index contributed by atoms with van der Waals surface area (Å²) in [5.41, 5.74) is 0. The molecule has 0 aliphatic rings. The molecule has 0 radical (unpaired) electrons. The van der Waals surface area contributed by atoms with Crippen molar-refractivity contribution in [3.63, 3.8) is 0 Å². The molecule has 2 unspecified atom stereocenters. The summed E-state index contributed by atoms with van der Waals surface area (Å²) in [6.07, 6.45) is -0.661. The van der Waals surface area contributed by atoms with Crippen LogP contribution in [0.2, 0.25) is 0 Å². The Bertz CT molecular complexity index is 486. The van der Waals surface area contributed by atoms with Crippen molar-refractivity contribution in [1.29, 1.82) is 0 Å². The molecule has 0 bridgehead atoms. The van der Waals surface area contributed by atoms with Crippen molar-refractivity contribution in [3.8, 4) is 0 Å². The minimum atomic E-state index is -1.20. The van der Waals surface area contributed by atoms with Gasteiger partial charge in [-0.25, -0.2) is 0 Å². The third-order valence-corrected chi connectivity index (χ3v) is 2.36. The third kappa shape index (κ3) is 4.35. The van der Waals surface area contributed by atoms with Crippen LogP contribution in [0.3, 0.4) is 0 Å². The maximum atomic E-state index is 11.9. The SMILES string of the molecule is COC(C=O)C(Nc1cc(C)on1)C(=O)NCC(=O)O. The number of nitrogens with one attached hydrogen (secondary N) is 2. The number of amides is 1. The van der Waals surface area contributed by atoms with Crippen molar-refractivity contribution in [2.45, 2.75) is 19.1 Å². The van der Waals surface area contributed by atoms with Crippen molar-refractivity contribution in [2.24, 2.45) is 0 Å². The summed E-state index contributed by atoms with van der Waals surface area (Å²) >= 11 is 0. The van der Waals surface area contributed by atoms with Crippen LogP contribution in [0.25, 0.3) is 0 Å².